The second-order valence-electron chi connectivity index (χ2n) is 6.75. The molecule has 0 aliphatic carbocycles. The van der Waals surface area contributed by atoms with Crippen molar-refractivity contribution >= 4 is 17.0 Å². The lowest BCUT2D eigenvalue weighted by atomic mass is 10.0. The molecular weight excluding hydrogens is 382 g/mol. The molecule has 0 fully saturated rings. The summed E-state index contributed by atoms with van der Waals surface area (Å²) in [5.41, 5.74) is 6.21. The van der Waals surface area contributed by atoms with Gasteiger partial charge >= 0.3 is 0 Å². The van der Waals surface area contributed by atoms with Crippen LogP contribution in [-0.4, -0.2) is 14.1 Å². The minimum absolute atomic E-state index is 0. The number of halogens is 1. The van der Waals surface area contributed by atoms with Gasteiger partial charge in [-0.3, -0.25) is 0 Å². The van der Waals surface area contributed by atoms with Crippen LogP contribution in [0.15, 0.2) is 97.1 Å². The van der Waals surface area contributed by atoms with Crippen LogP contribution in [-0.2, 0) is 0 Å². The maximum atomic E-state index is 2.30. The Morgan fingerprint density at radius 1 is 0.536 bits per heavy atom. The van der Waals surface area contributed by atoms with Crippen LogP contribution in [0, 0.1) is 0 Å². The summed E-state index contributed by atoms with van der Waals surface area (Å²) in [4.78, 5) is 4.69. The number of hydrogen-bond donors (Lipinski definition) is 0. The summed E-state index contributed by atoms with van der Waals surface area (Å²) in [6.45, 7) is 0. The van der Waals surface area contributed by atoms with Gasteiger partial charge in [0.15, 0.2) is 0 Å². The fourth-order valence-corrected chi connectivity index (χ4v) is 4.23. The molecule has 0 aliphatic heterocycles. The molecule has 1 nitrogen and oxygen atoms in total. The van der Waals surface area contributed by atoms with Gasteiger partial charge in [-0.25, -0.2) is 0 Å². The van der Waals surface area contributed by atoms with Crippen molar-refractivity contribution in [2.45, 2.75) is 0 Å². The van der Waals surface area contributed by atoms with Gasteiger partial charge in [0, 0.05) is 43.0 Å². The summed E-state index contributed by atoms with van der Waals surface area (Å²) in [6, 6.07) is 34.6. The first kappa shape index (κ1) is 20.1. The molecule has 0 saturated carbocycles. The Morgan fingerprint density at radius 3 is 1.43 bits per heavy atom. The van der Waals surface area contributed by atoms with Crippen molar-refractivity contribution in [3.63, 3.8) is 0 Å². The zero-order chi connectivity index (χ0) is 18.6. The number of anilines is 1. The lowest BCUT2D eigenvalue weighted by Gasteiger charge is -2.12. The summed E-state index contributed by atoms with van der Waals surface area (Å²) in [5.74, 6) is 0. The molecule has 4 rings (SSSR count). The lowest BCUT2D eigenvalue weighted by Crippen LogP contribution is -3.00. The predicted molar refractivity (Wildman–Crippen MR) is 119 cm³/mol. The fourth-order valence-electron chi connectivity index (χ4n) is 3.11. The molecule has 140 valence electrons. The van der Waals surface area contributed by atoms with Gasteiger partial charge in [0.1, 0.15) is 0 Å². The van der Waals surface area contributed by atoms with Crippen molar-refractivity contribution in [3.8, 4) is 32.0 Å². The van der Waals surface area contributed by atoms with Crippen LogP contribution in [0.4, 0.5) is 5.69 Å². The normalized spacial score (nSPS) is 10.2. The van der Waals surface area contributed by atoms with Gasteiger partial charge in [0.25, 0.3) is 0 Å². The Kier molecular flexibility index (Phi) is 6.45. The Balaban J connectivity index is 0.00000225. The minimum Gasteiger partial charge on any atom is -1.00 e. The van der Waals surface area contributed by atoms with E-state index in [1.165, 1.54) is 37.7 Å². The maximum Gasteiger partial charge on any atom is 0.239 e. The molecule has 0 amide bonds. The van der Waals surface area contributed by atoms with E-state index in [0.717, 1.165) is 0 Å². The van der Waals surface area contributed by atoms with Crippen LogP contribution in [0.3, 0.4) is 0 Å². The monoisotopic (exact) mass is 403 g/mol. The molecule has 1 heterocycles. The van der Waals surface area contributed by atoms with Crippen molar-refractivity contribution < 1.29 is 12.4 Å². The van der Waals surface area contributed by atoms with Gasteiger partial charge in [-0.05, 0) is 47.5 Å². The Hall–Kier alpha value is -2.68. The smallest absolute Gasteiger partial charge is 0.239 e. The van der Waals surface area contributed by atoms with Crippen LogP contribution in [0.1, 0.15) is 0 Å². The van der Waals surface area contributed by atoms with E-state index in [1.807, 2.05) is 11.3 Å². The van der Waals surface area contributed by atoms with Gasteiger partial charge in [-0.15, -0.1) is 0 Å². The third-order valence-electron chi connectivity index (χ3n) is 4.63. The molecule has 0 unspecified atom stereocenters. The first-order valence-electron chi connectivity index (χ1n) is 9.07. The molecule has 0 saturated heterocycles. The molecule has 3 aromatic carbocycles. The molecular formula is C25H22ClNS. The van der Waals surface area contributed by atoms with E-state index >= 15 is 0 Å². The van der Waals surface area contributed by atoms with Crippen LogP contribution in [0.5, 0.6) is 0 Å². The van der Waals surface area contributed by atoms with Crippen LogP contribution in [0.2, 0.25) is 0 Å². The molecule has 0 N–H and O–H groups in total. The second kappa shape index (κ2) is 9.01. The van der Waals surface area contributed by atoms with E-state index in [0.29, 0.717) is 0 Å². The van der Waals surface area contributed by atoms with E-state index in [2.05, 4.69) is 116 Å². The first-order valence-corrected chi connectivity index (χ1v) is 9.89. The summed E-state index contributed by atoms with van der Waals surface area (Å²) in [7, 11) is 4.14. The highest BCUT2D eigenvalue weighted by molar-refractivity contribution is 7.18. The average molecular weight is 404 g/mol. The van der Waals surface area contributed by atoms with E-state index in [1.54, 1.807) is 0 Å². The molecule has 0 aliphatic rings. The van der Waals surface area contributed by atoms with E-state index < -0.39 is 0 Å². The lowest BCUT2D eigenvalue weighted by molar-refractivity contribution is -0.00000517. The predicted octanol–water partition coefficient (Wildman–Crippen LogP) is 4.10. The van der Waals surface area contributed by atoms with Gasteiger partial charge in [0.2, 0.25) is 21.1 Å². The summed E-state index contributed by atoms with van der Waals surface area (Å²) in [5, 5.41) is 0. The van der Waals surface area contributed by atoms with Crippen LogP contribution < -0.4 is 17.3 Å². The Bertz CT molecular complexity index is 971. The minimum atomic E-state index is 0. The standard InChI is InChI=1S/C25H22NS.ClH/c1-26(2)23-15-13-19(14-16-23)22-17-24(20-9-5-3-6-10-20)27-25(18-22)21-11-7-4-8-12-21;/h3-18H,1-2H3;1H/q+1;/p-1. The van der Waals surface area contributed by atoms with Crippen LogP contribution >= 0.6 is 11.3 Å². The van der Waals surface area contributed by atoms with Gasteiger partial charge < -0.3 is 17.3 Å². The third kappa shape index (κ3) is 4.41. The zero-order valence-corrected chi connectivity index (χ0v) is 17.5. The SMILES string of the molecule is CN(C)c1ccc(-c2cc(-c3ccccc3)[s+]c(-c3ccccc3)c2)cc1.[Cl-]. The van der Waals surface area contributed by atoms with Gasteiger partial charge in [-0.1, -0.05) is 48.5 Å². The molecule has 0 bridgehead atoms. The van der Waals surface area contributed by atoms with E-state index in [-0.39, 0.29) is 12.4 Å². The quantitative estimate of drug-likeness (QED) is 0.464. The van der Waals surface area contributed by atoms with Crippen molar-refractivity contribution in [1.29, 1.82) is 0 Å². The highest BCUT2D eigenvalue weighted by Gasteiger charge is 2.19. The second-order valence-corrected chi connectivity index (χ2v) is 7.83. The Morgan fingerprint density at radius 2 is 1.00 bits per heavy atom. The summed E-state index contributed by atoms with van der Waals surface area (Å²) < 4.78 is 0. The fraction of sp³-hybridized carbons (Fsp3) is 0.0800. The number of nitrogens with zero attached hydrogens (tertiary/aromatic N) is 1. The Labute approximate surface area is 177 Å². The van der Waals surface area contributed by atoms with Crippen molar-refractivity contribution in [2.24, 2.45) is 0 Å². The molecule has 1 aromatic heterocycles. The third-order valence-corrected chi connectivity index (χ3v) is 5.77. The van der Waals surface area contributed by atoms with Crippen molar-refractivity contribution in [2.75, 3.05) is 19.0 Å². The largest absolute Gasteiger partial charge is 1.00 e. The molecule has 0 spiro atoms. The van der Waals surface area contributed by atoms with Crippen molar-refractivity contribution in [1.82, 2.24) is 0 Å². The molecule has 4 aromatic rings. The highest BCUT2D eigenvalue weighted by atomic mass is 35.5. The first-order chi connectivity index (χ1) is 13.2. The van der Waals surface area contributed by atoms with E-state index in [9.17, 15) is 0 Å². The number of rotatable bonds is 4. The summed E-state index contributed by atoms with van der Waals surface area (Å²) in [6.07, 6.45) is 0. The van der Waals surface area contributed by atoms with Crippen LogP contribution in [0.25, 0.3) is 32.0 Å². The topological polar surface area (TPSA) is 3.24 Å². The molecule has 3 heteroatoms. The average Bonchev–Trinajstić information content (AvgIpc) is 2.75. The molecule has 0 atom stereocenters. The molecule has 0 radical (unpaired) electrons. The van der Waals surface area contributed by atoms with E-state index in [4.69, 9.17) is 0 Å². The van der Waals surface area contributed by atoms with Crippen molar-refractivity contribution in [3.05, 3.63) is 97.1 Å². The summed E-state index contributed by atoms with van der Waals surface area (Å²) >= 11 is 1.84. The maximum absolute atomic E-state index is 2.30. The highest BCUT2D eigenvalue weighted by Crippen LogP contribution is 2.37. The van der Waals surface area contributed by atoms with Gasteiger partial charge in [-0.2, -0.15) is 0 Å². The number of hydrogen-bond acceptors (Lipinski definition) is 1. The number of benzene rings is 3. The van der Waals surface area contributed by atoms with Gasteiger partial charge in [0.05, 0.1) is 0 Å². The zero-order valence-electron chi connectivity index (χ0n) is 16.0. The molecule has 28 heavy (non-hydrogen) atoms.